The van der Waals surface area contributed by atoms with Gasteiger partial charge in [0.1, 0.15) is 6.04 Å². The number of carboxylic acid groups (broad SMARTS) is 1. The zero-order valence-electron chi connectivity index (χ0n) is 12.8. The Morgan fingerprint density at radius 2 is 1.92 bits per heavy atom. The highest BCUT2D eigenvalue weighted by molar-refractivity contribution is 5.74. The Balaban J connectivity index is 2.45. The number of hydrogen-bond donors (Lipinski definition) is 2. The molecule has 0 unspecified atom stereocenters. The highest BCUT2D eigenvalue weighted by Crippen LogP contribution is 2.38. The third kappa shape index (κ3) is 3.79. The van der Waals surface area contributed by atoms with E-state index in [0.717, 1.165) is 0 Å². The zero-order chi connectivity index (χ0) is 17.7. The van der Waals surface area contributed by atoms with Crippen LogP contribution in [0.15, 0.2) is 42.5 Å². The largest absolute Gasteiger partial charge is 0.493 e. The van der Waals surface area contributed by atoms with Crippen LogP contribution >= 0.6 is 0 Å². The van der Waals surface area contributed by atoms with Crippen molar-refractivity contribution in [2.45, 2.75) is 12.5 Å². The molecule has 0 amide bonds. The van der Waals surface area contributed by atoms with Crippen LogP contribution in [0.25, 0.3) is 0 Å². The average molecular weight is 332 g/mol. The van der Waals surface area contributed by atoms with Crippen molar-refractivity contribution in [3.05, 3.63) is 58.1 Å². The molecule has 0 saturated heterocycles. The molecule has 8 nitrogen and oxygen atoms in total. The molecule has 0 spiro atoms. The Bertz CT molecular complexity index is 762. The number of benzene rings is 2. The van der Waals surface area contributed by atoms with E-state index < -0.39 is 16.9 Å². The van der Waals surface area contributed by atoms with Crippen molar-refractivity contribution in [1.82, 2.24) is 0 Å². The summed E-state index contributed by atoms with van der Waals surface area (Å²) in [5, 5.41) is 20.1. The first-order valence-electron chi connectivity index (χ1n) is 6.99. The van der Waals surface area contributed by atoms with Crippen molar-refractivity contribution >= 4 is 11.7 Å². The second-order valence-corrected chi connectivity index (χ2v) is 4.92. The van der Waals surface area contributed by atoms with E-state index in [4.69, 9.17) is 20.3 Å². The number of nitro groups is 1. The Labute approximate surface area is 137 Å². The predicted molar refractivity (Wildman–Crippen MR) is 85.5 cm³/mol. The number of nitrogens with two attached hydrogens (primary N) is 1. The maximum absolute atomic E-state index is 11.1. The van der Waals surface area contributed by atoms with Gasteiger partial charge in [0.25, 0.3) is 0 Å². The van der Waals surface area contributed by atoms with Crippen molar-refractivity contribution < 1.29 is 24.3 Å². The van der Waals surface area contributed by atoms with E-state index >= 15 is 0 Å². The van der Waals surface area contributed by atoms with Gasteiger partial charge in [0, 0.05) is 18.1 Å². The van der Waals surface area contributed by atoms with Gasteiger partial charge in [0.2, 0.25) is 5.75 Å². The van der Waals surface area contributed by atoms with Gasteiger partial charge in [0.05, 0.1) is 12.0 Å². The van der Waals surface area contributed by atoms with Gasteiger partial charge >= 0.3 is 11.7 Å². The van der Waals surface area contributed by atoms with Gasteiger partial charge in [0.15, 0.2) is 11.5 Å². The molecule has 0 fully saturated rings. The minimum absolute atomic E-state index is 0.0114. The zero-order valence-corrected chi connectivity index (χ0v) is 12.8. The highest BCUT2D eigenvalue weighted by atomic mass is 16.6. The number of carbonyl (C=O) groups is 1. The molecule has 0 aliphatic carbocycles. The first-order valence-corrected chi connectivity index (χ1v) is 6.99. The minimum atomic E-state index is -1.16. The number of nitrogens with zero attached hydrogens (tertiary/aromatic N) is 1. The lowest BCUT2D eigenvalue weighted by molar-refractivity contribution is -0.385. The van der Waals surface area contributed by atoms with Crippen LogP contribution in [0, 0.1) is 10.1 Å². The fourth-order valence-corrected chi connectivity index (χ4v) is 2.13. The maximum Gasteiger partial charge on any atom is 0.320 e. The average Bonchev–Trinajstić information content (AvgIpc) is 2.56. The summed E-state index contributed by atoms with van der Waals surface area (Å²) < 4.78 is 10.9. The summed E-state index contributed by atoms with van der Waals surface area (Å²) in [6.07, 6.45) is -0.0114. The summed E-state index contributed by atoms with van der Waals surface area (Å²) in [7, 11) is 1.42. The van der Waals surface area contributed by atoms with E-state index in [1.54, 1.807) is 24.3 Å². The quantitative estimate of drug-likeness (QED) is 0.589. The molecule has 0 aliphatic heterocycles. The van der Waals surface area contributed by atoms with Crippen molar-refractivity contribution in [2.24, 2.45) is 5.73 Å². The smallest absolute Gasteiger partial charge is 0.320 e. The maximum atomic E-state index is 11.1. The number of rotatable bonds is 7. The number of methoxy groups -OCH3 is 1. The normalized spacial score (nSPS) is 11.6. The molecule has 0 aromatic heterocycles. The number of carboxylic acids is 1. The van der Waals surface area contributed by atoms with Crippen molar-refractivity contribution in [2.75, 3.05) is 7.11 Å². The molecule has 2 rings (SSSR count). The molecule has 0 saturated carbocycles. The molecule has 24 heavy (non-hydrogen) atoms. The van der Waals surface area contributed by atoms with Crippen LogP contribution < -0.4 is 15.2 Å². The lowest BCUT2D eigenvalue weighted by atomic mass is 10.0. The second-order valence-electron chi connectivity index (χ2n) is 4.92. The molecule has 0 aliphatic rings. The van der Waals surface area contributed by atoms with Crippen LogP contribution in [-0.2, 0) is 11.2 Å². The molecule has 126 valence electrons. The number of ether oxygens (including phenoxy) is 2. The Kier molecular flexibility index (Phi) is 5.33. The standard InChI is InChI=1S/C16H16N2O6/c1-23-14-8-4-5-10(9-11(17)16(19)20)15(14)24-13-7-3-2-6-12(13)18(21)22/h2-8,11H,9,17H2,1H3,(H,19,20)/t11-/m0/s1. The van der Waals surface area contributed by atoms with Crippen molar-refractivity contribution in [1.29, 1.82) is 0 Å². The molecule has 8 heteroatoms. The van der Waals surface area contributed by atoms with Crippen molar-refractivity contribution in [3.8, 4) is 17.2 Å². The number of nitro benzene ring substituents is 1. The monoisotopic (exact) mass is 332 g/mol. The predicted octanol–water partition coefficient (Wildman–Crippen LogP) is 2.35. The highest BCUT2D eigenvalue weighted by Gasteiger charge is 2.21. The van der Waals surface area contributed by atoms with Gasteiger partial charge in [-0.2, -0.15) is 0 Å². The molecular weight excluding hydrogens is 316 g/mol. The summed E-state index contributed by atoms with van der Waals surface area (Å²) in [6.45, 7) is 0. The summed E-state index contributed by atoms with van der Waals surface area (Å²) in [6, 6.07) is 9.66. The first kappa shape index (κ1) is 17.2. The minimum Gasteiger partial charge on any atom is -0.493 e. The number of para-hydroxylation sites is 3. The molecule has 0 radical (unpaired) electrons. The van der Waals surface area contributed by atoms with E-state index in [9.17, 15) is 14.9 Å². The lowest BCUT2D eigenvalue weighted by Crippen LogP contribution is -2.32. The molecule has 1 atom stereocenters. The van der Waals surface area contributed by atoms with Crippen LogP contribution in [0.4, 0.5) is 5.69 Å². The number of aliphatic carboxylic acids is 1. The first-order chi connectivity index (χ1) is 11.4. The van der Waals surface area contributed by atoms with Gasteiger partial charge < -0.3 is 20.3 Å². The van der Waals surface area contributed by atoms with Crippen LogP contribution in [0.2, 0.25) is 0 Å². The molecule has 0 bridgehead atoms. The van der Waals surface area contributed by atoms with E-state index in [1.165, 1.54) is 25.3 Å². The Morgan fingerprint density at radius 3 is 2.54 bits per heavy atom. The van der Waals surface area contributed by atoms with Gasteiger partial charge in [-0.1, -0.05) is 24.3 Å². The van der Waals surface area contributed by atoms with Gasteiger partial charge in [-0.3, -0.25) is 14.9 Å². The van der Waals surface area contributed by atoms with Gasteiger partial charge in [-0.05, 0) is 12.1 Å². The summed E-state index contributed by atoms with van der Waals surface area (Å²) in [5.41, 5.74) is 5.84. The number of hydrogen-bond acceptors (Lipinski definition) is 6. The van der Waals surface area contributed by atoms with E-state index in [0.29, 0.717) is 11.3 Å². The second kappa shape index (κ2) is 7.42. The Hall–Kier alpha value is -3.13. The van der Waals surface area contributed by atoms with Crippen LogP contribution in [0.3, 0.4) is 0 Å². The Morgan fingerprint density at radius 1 is 1.25 bits per heavy atom. The lowest BCUT2D eigenvalue weighted by Gasteiger charge is -2.16. The summed E-state index contributed by atoms with van der Waals surface area (Å²) in [5.74, 6) is -0.610. The van der Waals surface area contributed by atoms with Gasteiger partial charge in [-0.25, -0.2) is 0 Å². The van der Waals surface area contributed by atoms with Crippen LogP contribution in [0.1, 0.15) is 5.56 Å². The molecule has 2 aromatic rings. The third-order valence-electron chi connectivity index (χ3n) is 3.31. The molecule has 0 heterocycles. The van der Waals surface area contributed by atoms with E-state index in [-0.39, 0.29) is 23.6 Å². The SMILES string of the molecule is COc1cccc(C[C@H](N)C(=O)O)c1Oc1ccccc1[N+](=O)[O-]. The molecular formula is C16H16N2O6. The third-order valence-corrected chi connectivity index (χ3v) is 3.31. The fourth-order valence-electron chi connectivity index (χ4n) is 2.13. The van der Waals surface area contributed by atoms with E-state index in [2.05, 4.69) is 0 Å². The molecule has 2 aromatic carbocycles. The fraction of sp³-hybridized carbons (Fsp3) is 0.188. The summed E-state index contributed by atoms with van der Waals surface area (Å²) in [4.78, 5) is 21.5. The van der Waals surface area contributed by atoms with Crippen molar-refractivity contribution in [3.63, 3.8) is 0 Å². The van der Waals surface area contributed by atoms with Gasteiger partial charge in [-0.15, -0.1) is 0 Å². The topological polar surface area (TPSA) is 125 Å². The van der Waals surface area contributed by atoms with E-state index in [1.807, 2.05) is 0 Å². The molecule has 3 N–H and O–H groups in total. The van der Waals surface area contributed by atoms with Crippen LogP contribution in [-0.4, -0.2) is 29.2 Å². The summed E-state index contributed by atoms with van der Waals surface area (Å²) >= 11 is 0. The van der Waals surface area contributed by atoms with Crippen LogP contribution in [0.5, 0.6) is 17.2 Å².